The number of carboxylic acids is 1. The van der Waals surface area contributed by atoms with Gasteiger partial charge in [-0.25, -0.2) is 9.78 Å². The first kappa shape index (κ1) is 18.1. The third kappa shape index (κ3) is 3.50. The van der Waals surface area contributed by atoms with Gasteiger partial charge in [-0.05, 0) is 18.6 Å². The normalized spacial score (nSPS) is 10.7. The molecule has 2 heterocycles. The van der Waals surface area contributed by atoms with Crippen LogP contribution in [0, 0.1) is 6.92 Å². The molecular formula is C19H17N3O5. The fourth-order valence-electron chi connectivity index (χ4n) is 2.97. The quantitative estimate of drug-likeness (QED) is 0.482. The van der Waals surface area contributed by atoms with Crippen molar-refractivity contribution in [3.8, 4) is 5.75 Å². The molecular weight excluding hydrogens is 350 g/mol. The van der Waals surface area contributed by atoms with Crippen molar-refractivity contribution in [2.45, 2.75) is 13.5 Å². The fourth-order valence-corrected chi connectivity index (χ4v) is 2.97. The first-order valence-electron chi connectivity index (χ1n) is 8.10. The molecule has 3 rings (SSSR count). The Balaban J connectivity index is 2.23. The lowest BCUT2D eigenvalue weighted by molar-refractivity contribution is -0.139. The van der Waals surface area contributed by atoms with Gasteiger partial charge in [-0.1, -0.05) is 30.3 Å². The van der Waals surface area contributed by atoms with Crippen LogP contribution in [-0.2, 0) is 16.1 Å². The molecule has 0 bridgehead atoms. The van der Waals surface area contributed by atoms with Crippen molar-refractivity contribution in [2.75, 3.05) is 6.61 Å². The lowest BCUT2D eigenvalue weighted by Gasteiger charge is -2.08. The first-order valence-corrected chi connectivity index (χ1v) is 8.10. The number of fused-ring (bicyclic) bond motifs is 1. The molecule has 0 spiro atoms. The summed E-state index contributed by atoms with van der Waals surface area (Å²) in [6, 6.07) is 11.0. The van der Waals surface area contributed by atoms with Gasteiger partial charge in [0, 0.05) is 18.4 Å². The van der Waals surface area contributed by atoms with Crippen LogP contribution in [0.1, 0.15) is 21.6 Å². The van der Waals surface area contributed by atoms with Crippen LogP contribution in [0.4, 0.5) is 0 Å². The van der Waals surface area contributed by atoms with Gasteiger partial charge in [0.1, 0.15) is 11.4 Å². The number of Topliss-reactive ketones (excluding diaryl/α,β-unsaturated/α-hetero) is 1. The minimum atomic E-state index is -1.16. The van der Waals surface area contributed by atoms with Crippen LogP contribution >= 0.6 is 0 Å². The Bertz CT molecular complexity index is 1040. The van der Waals surface area contributed by atoms with Gasteiger partial charge in [-0.2, -0.15) is 0 Å². The van der Waals surface area contributed by atoms with E-state index in [-0.39, 0.29) is 16.7 Å². The molecule has 0 fully saturated rings. The second kappa shape index (κ2) is 7.28. The second-order valence-electron chi connectivity index (χ2n) is 5.92. The Morgan fingerprint density at radius 3 is 2.52 bits per heavy atom. The van der Waals surface area contributed by atoms with E-state index in [0.717, 1.165) is 5.56 Å². The number of hydrogen-bond donors (Lipinski definition) is 2. The van der Waals surface area contributed by atoms with Crippen LogP contribution < -0.4 is 10.5 Å². The molecule has 3 N–H and O–H groups in total. The van der Waals surface area contributed by atoms with Gasteiger partial charge in [0.2, 0.25) is 0 Å². The number of carbonyl (C=O) groups excluding carboxylic acids is 2. The molecule has 0 radical (unpaired) electrons. The highest BCUT2D eigenvalue weighted by atomic mass is 16.5. The van der Waals surface area contributed by atoms with E-state index in [1.54, 1.807) is 11.5 Å². The number of aliphatic carboxylic acids is 1. The Kier molecular flexibility index (Phi) is 4.89. The van der Waals surface area contributed by atoms with E-state index >= 15 is 0 Å². The second-order valence-corrected chi connectivity index (χ2v) is 5.92. The maximum Gasteiger partial charge on any atom is 0.341 e. The molecule has 0 aliphatic heterocycles. The number of hydrogen-bond acceptors (Lipinski definition) is 5. The monoisotopic (exact) mass is 367 g/mol. The molecule has 0 aliphatic carbocycles. The number of benzene rings is 1. The van der Waals surface area contributed by atoms with E-state index in [4.69, 9.17) is 15.6 Å². The predicted octanol–water partition coefficient (Wildman–Crippen LogP) is 1.52. The minimum absolute atomic E-state index is 0.0712. The zero-order valence-electron chi connectivity index (χ0n) is 14.5. The summed E-state index contributed by atoms with van der Waals surface area (Å²) in [7, 11) is 0. The fraction of sp³-hybridized carbons (Fsp3) is 0.158. The molecule has 0 saturated carbocycles. The number of nitrogens with two attached hydrogens (primary N) is 1. The molecule has 138 valence electrons. The molecule has 0 unspecified atom stereocenters. The summed E-state index contributed by atoms with van der Waals surface area (Å²) in [6.45, 7) is 1.50. The van der Waals surface area contributed by atoms with Crippen molar-refractivity contribution >= 4 is 28.7 Å². The lowest BCUT2D eigenvalue weighted by Crippen LogP contribution is -2.24. The van der Waals surface area contributed by atoms with Gasteiger partial charge in [-0.3, -0.25) is 9.59 Å². The largest absolute Gasteiger partial charge is 0.481 e. The summed E-state index contributed by atoms with van der Waals surface area (Å²) in [5, 5.41) is 9.16. The molecule has 2 aromatic heterocycles. The van der Waals surface area contributed by atoms with Crippen LogP contribution in [0.15, 0.2) is 42.6 Å². The number of ether oxygens (including phenoxy) is 1. The number of rotatable bonds is 7. The molecule has 0 aliphatic rings. The highest BCUT2D eigenvalue weighted by molar-refractivity contribution is 6.45. The SMILES string of the molecule is Cc1c(C(=O)C(N)=O)c2c(OCC(=O)O)ccnc2n1Cc1ccccc1. The van der Waals surface area contributed by atoms with E-state index in [0.29, 0.717) is 17.9 Å². The van der Waals surface area contributed by atoms with E-state index in [1.165, 1.54) is 12.3 Å². The van der Waals surface area contributed by atoms with Crippen molar-refractivity contribution in [1.29, 1.82) is 0 Å². The van der Waals surface area contributed by atoms with Crippen LogP contribution in [-0.4, -0.2) is 38.9 Å². The maximum atomic E-state index is 12.4. The first-order chi connectivity index (χ1) is 12.9. The molecule has 1 amide bonds. The average Bonchev–Trinajstić information content (AvgIpc) is 2.92. The van der Waals surface area contributed by atoms with E-state index in [1.807, 2.05) is 30.3 Å². The average molecular weight is 367 g/mol. The smallest absolute Gasteiger partial charge is 0.341 e. The predicted molar refractivity (Wildman–Crippen MR) is 96.7 cm³/mol. The van der Waals surface area contributed by atoms with Gasteiger partial charge >= 0.3 is 5.97 Å². The topological polar surface area (TPSA) is 125 Å². The van der Waals surface area contributed by atoms with Gasteiger partial charge in [-0.15, -0.1) is 0 Å². The maximum absolute atomic E-state index is 12.4. The van der Waals surface area contributed by atoms with Crippen molar-refractivity contribution in [3.63, 3.8) is 0 Å². The zero-order chi connectivity index (χ0) is 19.6. The number of aromatic nitrogens is 2. The Morgan fingerprint density at radius 1 is 1.19 bits per heavy atom. The summed E-state index contributed by atoms with van der Waals surface area (Å²) in [6.07, 6.45) is 1.46. The molecule has 8 nitrogen and oxygen atoms in total. The van der Waals surface area contributed by atoms with E-state index in [2.05, 4.69) is 4.98 Å². The van der Waals surface area contributed by atoms with Crippen molar-refractivity contribution in [2.24, 2.45) is 5.73 Å². The molecule has 3 aromatic rings. The summed E-state index contributed by atoms with van der Waals surface area (Å²) in [5.41, 5.74) is 7.15. The third-order valence-corrected chi connectivity index (χ3v) is 4.15. The number of amides is 1. The van der Waals surface area contributed by atoms with Crippen molar-refractivity contribution in [3.05, 3.63) is 59.4 Å². The summed E-state index contributed by atoms with van der Waals surface area (Å²) in [4.78, 5) is 39.2. The zero-order valence-corrected chi connectivity index (χ0v) is 14.5. The highest BCUT2D eigenvalue weighted by Crippen LogP contribution is 2.33. The van der Waals surface area contributed by atoms with Crippen LogP contribution in [0.3, 0.4) is 0 Å². The van der Waals surface area contributed by atoms with Gasteiger partial charge in [0.25, 0.3) is 11.7 Å². The number of nitrogens with zero attached hydrogens (tertiary/aromatic N) is 2. The summed E-state index contributed by atoms with van der Waals surface area (Å²) < 4.78 is 7.08. The van der Waals surface area contributed by atoms with E-state index in [9.17, 15) is 14.4 Å². The van der Waals surface area contributed by atoms with Gasteiger partial charge < -0.3 is 20.1 Å². The highest BCUT2D eigenvalue weighted by Gasteiger charge is 2.27. The van der Waals surface area contributed by atoms with Crippen LogP contribution in [0.25, 0.3) is 11.0 Å². The molecule has 1 aromatic carbocycles. The number of carbonyl (C=O) groups is 3. The van der Waals surface area contributed by atoms with Crippen molar-refractivity contribution < 1.29 is 24.2 Å². The van der Waals surface area contributed by atoms with E-state index < -0.39 is 24.3 Å². The minimum Gasteiger partial charge on any atom is -0.481 e. The Labute approximate surface area is 154 Å². The van der Waals surface area contributed by atoms with Gasteiger partial charge in [0.15, 0.2) is 6.61 Å². The number of carboxylic acid groups (broad SMARTS) is 1. The number of primary amides is 1. The van der Waals surface area contributed by atoms with Crippen molar-refractivity contribution in [1.82, 2.24) is 9.55 Å². The molecule has 27 heavy (non-hydrogen) atoms. The number of pyridine rings is 1. The summed E-state index contributed by atoms with van der Waals surface area (Å²) in [5.74, 6) is -2.99. The van der Waals surface area contributed by atoms with Gasteiger partial charge in [0.05, 0.1) is 10.9 Å². The van der Waals surface area contributed by atoms with Crippen LogP contribution in [0.5, 0.6) is 5.75 Å². The Morgan fingerprint density at radius 2 is 1.89 bits per heavy atom. The number of ketones is 1. The summed E-state index contributed by atoms with van der Waals surface area (Å²) >= 11 is 0. The molecule has 0 atom stereocenters. The lowest BCUT2D eigenvalue weighted by atomic mass is 10.1. The molecule has 0 saturated heterocycles. The molecule has 8 heteroatoms. The van der Waals surface area contributed by atoms with Crippen LogP contribution in [0.2, 0.25) is 0 Å². The standard InChI is InChI=1S/C19H17N3O5/c1-11-15(17(25)18(20)26)16-13(27-10-14(23)24)7-8-21-19(16)22(11)9-12-5-3-2-4-6-12/h2-8H,9-10H2,1H3,(H2,20,26)(H,23,24). The third-order valence-electron chi connectivity index (χ3n) is 4.15. The Hall–Kier alpha value is -3.68.